The standard InChI is InChI=1S/C9H10N8/c10-4-7-5-16(15-12-7)6-8-13-14-9-11-2-1-3-17(8)9/h1-3,5H,4,6,10H2. The van der Waals surface area contributed by atoms with Crippen LogP contribution in [0.3, 0.4) is 0 Å². The molecule has 2 N–H and O–H groups in total. The number of hydrogen-bond acceptors (Lipinski definition) is 6. The van der Waals surface area contributed by atoms with Gasteiger partial charge in [0, 0.05) is 18.9 Å². The quantitative estimate of drug-likeness (QED) is 0.633. The van der Waals surface area contributed by atoms with Gasteiger partial charge >= 0.3 is 0 Å². The molecule has 0 bridgehead atoms. The van der Waals surface area contributed by atoms with Crippen LogP contribution in [-0.2, 0) is 13.1 Å². The molecule has 0 aliphatic heterocycles. The SMILES string of the molecule is NCc1cn(Cc2nnc3ncccn23)nn1. The van der Waals surface area contributed by atoms with Gasteiger partial charge in [0.2, 0.25) is 0 Å². The molecule has 0 aromatic carbocycles. The monoisotopic (exact) mass is 230 g/mol. The molecule has 0 atom stereocenters. The maximum Gasteiger partial charge on any atom is 0.254 e. The van der Waals surface area contributed by atoms with Crippen LogP contribution >= 0.6 is 0 Å². The first kappa shape index (κ1) is 9.85. The van der Waals surface area contributed by atoms with Crippen molar-refractivity contribution in [2.45, 2.75) is 13.1 Å². The Hall–Kier alpha value is -2.35. The third-order valence-electron chi connectivity index (χ3n) is 2.36. The Bertz CT molecular complexity index is 639. The summed E-state index contributed by atoms with van der Waals surface area (Å²) < 4.78 is 3.48. The highest BCUT2D eigenvalue weighted by atomic mass is 15.4. The Morgan fingerprint density at radius 3 is 3.00 bits per heavy atom. The number of aromatic nitrogens is 7. The van der Waals surface area contributed by atoms with Gasteiger partial charge in [0.15, 0.2) is 5.82 Å². The minimum absolute atomic E-state index is 0.377. The van der Waals surface area contributed by atoms with Crippen molar-refractivity contribution in [3.8, 4) is 0 Å². The highest BCUT2D eigenvalue weighted by molar-refractivity contribution is 5.26. The van der Waals surface area contributed by atoms with Crippen LogP contribution in [0.25, 0.3) is 5.78 Å². The number of rotatable bonds is 3. The van der Waals surface area contributed by atoms with Gasteiger partial charge in [0.1, 0.15) is 6.54 Å². The van der Waals surface area contributed by atoms with Crippen LogP contribution in [0.5, 0.6) is 0 Å². The van der Waals surface area contributed by atoms with Crippen LogP contribution in [0.15, 0.2) is 24.7 Å². The van der Waals surface area contributed by atoms with Crippen molar-refractivity contribution in [3.63, 3.8) is 0 Å². The average molecular weight is 230 g/mol. The first-order valence-corrected chi connectivity index (χ1v) is 5.10. The Kier molecular flexibility index (Phi) is 2.26. The lowest BCUT2D eigenvalue weighted by molar-refractivity contribution is 0.620. The molecule has 8 nitrogen and oxygen atoms in total. The zero-order valence-corrected chi connectivity index (χ0v) is 8.93. The largest absolute Gasteiger partial charge is 0.325 e. The summed E-state index contributed by atoms with van der Waals surface area (Å²) >= 11 is 0. The molecule has 0 aliphatic carbocycles. The van der Waals surface area contributed by atoms with Crippen molar-refractivity contribution < 1.29 is 0 Å². The molecule has 0 fully saturated rings. The van der Waals surface area contributed by atoms with E-state index in [0.29, 0.717) is 18.9 Å². The molecule has 0 saturated heterocycles. The topological polar surface area (TPSA) is 99.8 Å². The molecule has 8 heteroatoms. The van der Waals surface area contributed by atoms with Crippen LogP contribution in [0.2, 0.25) is 0 Å². The summed E-state index contributed by atoms with van der Waals surface area (Å²) in [6.07, 6.45) is 5.33. The zero-order valence-electron chi connectivity index (χ0n) is 8.93. The summed E-state index contributed by atoms with van der Waals surface area (Å²) in [5, 5.41) is 15.9. The highest BCUT2D eigenvalue weighted by Gasteiger charge is 2.07. The van der Waals surface area contributed by atoms with Crippen molar-refractivity contribution in [1.29, 1.82) is 0 Å². The Morgan fingerprint density at radius 1 is 1.24 bits per heavy atom. The second kappa shape index (κ2) is 3.91. The second-order valence-corrected chi connectivity index (χ2v) is 3.52. The number of hydrogen-bond donors (Lipinski definition) is 1. The Morgan fingerprint density at radius 2 is 2.18 bits per heavy atom. The molecule has 86 valence electrons. The first-order valence-electron chi connectivity index (χ1n) is 5.10. The van der Waals surface area contributed by atoms with Crippen molar-refractivity contribution in [2.24, 2.45) is 5.73 Å². The van der Waals surface area contributed by atoms with E-state index >= 15 is 0 Å². The molecule has 0 aliphatic rings. The molecule has 0 unspecified atom stereocenters. The van der Waals surface area contributed by atoms with E-state index in [4.69, 9.17) is 5.73 Å². The fraction of sp³-hybridized carbons (Fsp3) is 0.222. The molecular weight excluding hydrogens is 220 g/mol. The summed E-state index contributed by atoms with van der Waals surface area (Å²) in [7, 11) is 0. The third-order valence-corrected chi connectivity index (χ3v) is 2.36. The van der Waals surface area contributed by atoms with E-state index in [1.165, 1.54) is 0 Å². The van der Waals surface area contributed by atoms with E-state index in [9.17, 15) is 0 Å². The summed E-state index contributed by atoms with van der Waals surface area (Å²) in [5.74, 6) is 1.32. The first-order chi connectivity index (χ1) is 8.36. The number of fused-ring (bicyclic) bond motifs is 1. The highest BCUT2D eigenvalue weighted by Crippen LogP contribution is 2.02. The maximum absolute atomic E-state index is 5.47. The molecule has 0 radical (unpaired) electrons. The predicted molar refractivity (Wildman–Crippen MR) is 57.8 cm³/mol. The number of nitrogens with zero attached hydrogens (tertiary/aromatic N) is 7. The lowest BCUT2D eigenvalue weighted by Crippen LogP contribution is -2.05. The molecule has 0 spiro atoms. The van der Waals surface area contributed by atoms with E-state index in [1.54, 1.807) is 17.1 Å². The Balaban J connectivity index is 1.94. The number of nitrogens with two attached hydrogens (primary N) is 1. The van der Waals surface area contributed by atoms with Gasteiger partial charge in [-0.1, -0.05) is 5.21 Å². The fourth-order valence-electron chi connectivity index (χ4n) is 1.55. The van der Waals surface area contributed by atoms with E-state index in [-0.39, 0.29) is 0 Å². The summed E-state index contributed by atoms with van der Waals surface area (Å²) in [6.45, 7) is 0.863. The van der Waals surface area contributed by atoms with Crippen molar-refractivity contribution in [2.75, 3.05) is 0 Å². The molecule has 3 heterocycles. The Labute approximate surface area is 96.1 Å². The van der Waals surface area contributed by atoms with Gasteiger partial charge in [0.05, 0.1) is 11.9 Å². The molecule has 0 saturated carbocycles. The van der Waals surface area contributed by atoms with Gasteiger partial charge in [-0.2, -0.15) is 0 Å². The zero-order chi connectivity index (χ0) is 11.7. The molecule has 17 heavy (non-hydrogen) atoms. The van der Waals surface area contributed by atoms with E-state index in [1.807, 2.05) is 16.7 Å². The van der Waals surface area contributed by atoms with Gasteiger partial charge in [-0.05, 0) is 6.07 Å². The van der Waals surface area contributed by atoms with Crippen molar-refractivity contribution in [3.05, 3.63) is 36.2 Å². The molecule has 0 amide bonds. The molecule has 3 aromatic rings. The van der Waals surface area contributed by atoms with E-state index in [0.717, 1.165) is 11.5 Å². The second-order valence-electron chi connectivity index (χ2n) is 3.52. The van der Waals surface area contributed by atoms with Gasteiger partial charge in [0.25, 0.3) is 5.78 Å². The average Bonchev–Trinajstić information content (AvgIpc) is 2.97. The maximum atomic E-state index is 5.47. The third kappa shape index (κ3) is 1.74. The van der Waals surface area contributed by atoms with Gasteiger partial charge in [-0.3, -0.25) is 4.40 Å². The minimum Gasteiger partial charge on any atom is -0.325 e. The van der Waals surface area contributed by atoms with E-state index in [2.05, 4.69) is 25.5 Å². The normalized spacial score (nSPS) is 11.1. The summed E-state index contributed by atoms with van der Waals surface area (Å²) in [6, 6.07) is 1.83. The molecule has 3 aromatic heterocycles. The van der Waals surface area contributed by atoms with Crippen LogP contribution in [0.1, 0.15) is 11.5 Å². The summed E-state index contributed by atoms with van der Waals surface area (Å²) in [4.78, 5) is 4.09. The minimum atomic E-state index is 0.377. The van der Waals surface area contributed by atoms with Crippen LogP contribution in [0.4, 0.5) is 0 Å². The van der Waals surface area contributed by atoms with Crippen LogP contribution in [0, 0.1) is 0 Å². The molecule has 3 rings (SSSR count). The van der Waals surface area contributed by atoms with Gasteiger partial charge in [-0.15, -0.1) is 15.3 Å². The van der Waals surface area contributed by atoms with Crippen molar-refractivity contribution >= 4 is 5.78 Å². The van der Waals surface area contributed by atoms with Crippen LogP contribution < -0.4 is 5.73 Å². The van der Waals surface area contributed by atoms with E-state index < -0.39 is 0 Å². The summed E-state index contributed by atoms with van der Waals surface area (Å²) in [5.41, 5.74) is 6.22. The molecular formula is C9H10N8. The lowest BCUT2D eigenvalue weighted by atomic mass is 10.5. The smallest absolute Gasteiger partial charge is 0.254 e. The lowest BCUT2D eigenvalue weighted by Gasteiger charge is -1.98. The fourth-order valence-corrected chi connectivity index (χ4v) is 1.55. The van der Waals surface area contributed by atoms with Gasteiger partial charge in [-0.25, -0.2) is 9.67 Å². The van der Waals surface area contributed by atoms with Gasteiger partial charge < -0.3 is 5.73 Å². The predicted octanol–water partition coefficient (Wildman–Crippen LogP) is -0.777. The van der Waals surface area contributed by atoms with Crippen molar-refractivity contribution in [1.82, 2.24) is 34.6 Å². The van der Waals surface area contributed by atoms with Crippen LogP contribution in [-0.4, -0.2) is 34.6 Å².